The summed E-state index contributed by atoms with van der Waals surface area (Å²) < 4.78 is 16.2. The standard InChI is InChI=1S/C22H21N6OP/c1-15(17-6-9-18-5-4-12-27(18)14-17)28-22-21(25-26-28)23-13-20(24-22)16-7-10-19(11-8-16)30(2,3)29/h4-15H,1-3H3. The summed E-state index contributed by atoms with van der Waals surface area (Å²) in [7, 11) is -2.29. The van der Waals surface area contributed by atoms with Gasteiger partial charge < -0.3 is 8.97 Å². The molecule has 0 N–H and O–H groups in total. The highest BCUT2D eigenvalue weighted by molar-refractivity contribution is 7.70. The number of hydrogen-bond acceptors (Lipinski definition) is 5. The van der Waals surface area contributed by atoms with Gasteiger partial charge in [-0.3, -0.25) is 0 Å². The van der Waals surface area contributed by atoms with Crippen LogP contribution in [0.2, 0.25) is 0 Å². The van der Waals surface area contributed by atoms with Crippen molar-refractivity contribution >= 4 is 29.3 Å². The number of aromatic nitrogens is 6. The zero-order valence-electron chi connectivity index (χ0n) is 17.0. The molecule has 0 spiro atoms. The molecule has 0 aliphatic heterocycles. The van der Waals surface area contributed by atoms with E-state index < -0.39 is 7.14 Å². The molecule has 0 fully saturated rings. The van der Waals surface area contributed by atoms with Gasteiger partial charge in [-0.1, -0.05) is 35.5 Å². The summed E-state index contributed by atoms with van der Waals surface area (Å²) in [5, 5.41) is 9.36. The highest BCUT2D eigenvalue weighted by Crippen LogP contribution is 2.35. The summed E-state index contributed by atoms with van der Waals surface area (Å²) in [6.07, 6.45) is 5.82. The van der Waals surface area contributed by atoms with Gasteiger partial charge in [-0.2, -0.15) is 0 Å². The fourth-order valence-electron chi connectivity index (χ4n) is 3.56. The molecule has 1 aromatic carbocycles. The van der Waals surface area contributed by atoms with Crippen LogP contribution in [0.5, 0.6) is 0 Å². The summed E-state index contributed by atoms with van der Waals surface area (Å²) in [6.45, 7) is 5.61. The minimum atomic E-state index is -2.29. The van der Waals surface area contributed by atoms with Crippen LogP contribution in [0.15, 0.2) is 67.1 Å². The molecule has 0 saturated heterocycles. The molecule has 0 bridgehead atoms. The van der Waals surface area contributed by atoms with Crippen molar-refractivity contribution in [1.82, 2.24) is 29.4 Å². The van der Waals surface area contributed by atoms with E-state index in [-0.39, 0.29) is 6.04 Å². The summed E-state index contributed by atoms with van der Waals surface area (Å²) in [5.41, 5.74) is 5.03. The van der Waals surface area contributed by atoms with Gasteiger partial charge in [0.1, 0.15) is 7.14 Å². The van der Waals surface area contributed by atoms with Crippen LogP contribution in [-0.4, -0.2) is 42.7 Å². The van der Waals surface area contributed by atoms with Crippen molar-refractivity contribution in [1.29, 1.82) is 0 Å². The molecule has 4 heterocycles. The number of benzene rings is 1. The first kappa shape index (κ1) is 18.7. The van der Waals surface area contributed by atoms with Crippen LogP contribution in [-0.2, 0) is 4.57 Å². The SMILES string of the molecule is CC(c1ccc2cccn2c1)n1nnc2ncc(-c3ccc(P(C)(C)=O)cc3)nc21. The van der Waals surface area contributed by atoms with E-state index in [0.717, 1.165) is 27.6 Å². The summed E-state index contributed by atoms with van der Waals surface area (Å²) in [6, 6.07) is 15.9. The topological polar surface area (TPSA) is 78.0 Å². The van der Waals surface area contributed by atoms with Crippen molar-refractivity contribution in [3.05, 3.63) is 72.7 Å². The van der Waals surface area contributed by atoms with Crippen molar-refractivity contribution in [2.24, 2.45) is 0 Å². The molecule has 0 saturated carbocycles. The maximum absolute atomic E-state index is 12.3. The second kappa shape index (κ2) is 6.89. The quantitative estimate of drug-likeness (QED) is 0.414. The monoisotopic (exact) mass is 416 g/mol. The van der Waals surface area contributed by atoms with E-state index in [1.807, 2.05) is 36.5 Å². The third-order valence-electron chi connectivity index (χ3n) is 5.37. The van der Waals surface area contributed by atoms with E-state index in [1.165, 1.54) is 0 Å². The molecule has 7 nitrogen and oxygen atoms in total. The predicted molar refractivity (Wildman–Crippen MR) is 119 cm³/mol. The first-order chi connectivity index (χ1) is 14.4. The van der Waals surface area contributed by atoms with Crippen LogP contribution in [0, 0.1) is 0 Å². The van der Waals surface area contributed by atoms with Gasteiger partial charge in [0.25, 0.3) is 0 Å². The molecule has 30 heavy (non-hydrogen) atoms. The number of pyridine rings is 1. The molecule has 0 radical (unpaired) electrons. The molecular weight excluding hydrogens is 395 g/mol. The van der Waals surface area contributed by atoms with Crippen molar-refractivity contribution < 1.29 is 4.57 Å². The van der Waals surface area contributed by atoms with E-state index in [1.54, 1.807) is 24.2 Å². The lowest BCUT2D eigenvalue weighted by molar-refractivity contribution is 0.554. The van der Waals surface area contributed by atoms with Crippen molar-refractivity contribution in [2.75, 3.05) is 13.3 Å². The smallest absolute Gasteiger partial charge is 0.221 e. The summed E-state index contributed by atoms with van der Waals surface area (Å²) >= 11 is 0. The lowest BCUT2D eigenvalue weighted by atomic mass is 10.1. The van der Waals surface area contributed by atoms with E-state index in [2.05, 4.69) is 51.0 Å². The van der Waals surface area contributed by atoms with Gasteiger partial charge in [-0.15, -0.1) is 5.10 Å². The van der Waals surface area contributed by atoms with Crippen LogP contribution in [0.3, 0.4) is 0 Å². The third-order valence-corrected chi connectivity index (χ3v) is 6.91. The minimum Gasteiger partial charge on any atom is -0.324 e. The first-order valence-corrected chi connectivity index (χ1v) is 12.3. The Morgan fingerprint density at radius 1 is 1.03 bits per heavy atom. The largest absolute Gasteiger partial charge is 0.324 e. The zero-order chi connectivity index (χ0) is 20.9. The number of hydrogen-bond donors (Lipinski definition) is 0. The molecular formula is C22H21N6OP. The number of rotatable bonds is 4. The van der Waals surface area contributed by atoms with Crippen LogP contribution < -0.4 is 5.30 Å². The van der Waals surface area contributed by atoms with Gasteiger partial charge in [0.05, 0.1) is 17.9 Å². The highest BCUT2D eigenvalue weighted by atomic mass is 31.2. The van der Waals surface area contributed by atoms with Gasteiger partial charge in [-0.25, -0.2) is 14.6 Å². The third kappa shape index (κ3) is 3.21. The fraction of sp³-hybridized carbons (Fsp3) is 0.182. The Kier molecular flexibility index (Phi) is 4.29. The van der Waals surface area contributed by atoms with Crippen LogP contribution in [0.1, 0.15) is 18.5 Å². The Morgan fingerprint density at radius 3 is 2.60 bits per heavy atom. The lowest BCUT2D eigenvalue weighted by Crippen LogP contribution is -2.10. The Balaban J connectivity index is 1.55. The second-order valence-electron chi connectivity index (χ2n) is 7.81. The average molecular weight is 416 g/mol. The van der Waals surface area contributed by atoms with E-state index in [9.17, 15) is 4.57 Å². The minimum absolute atomic E-state index is 0.0558. The molecule has 5 aromatic rings. The first-order valence-electron chi connectivity index (χ1n) is 9.71. The predicted octanol–water partition coefficient (Wildman–Crippen LogP) is 4.00. The van der Waals surface area contributed by atoms with Gasteiger partial charge in [0.15, 0.2) is 5.65 Å². The molecule has 0 amide bonds. The zero-order valence-corrected chi connectivity index (χ0v) is 17.9. The average Bonchev–Trinajstić information content (AvgIpc) is 3.38. The van der Waals surface area contributed by atoms with Gasteiger partial charge in [-0.05, 0) is 44.0 Å². The molecule has 150 valence electrons. The maximum atomic E-state index is 12.3. The molecule has 0 aliphatic rings. The lowest BCUT2D eigenvalue weighted by Gasteiger charge is -2.13. The Bertz CT molecular complexity index is 1410. The molecule has 0 aliphatic carbocycles. The Hall–Kier alpha value is -3.31. The Morgan fingerprint density at radius 2 is 1.83 bits per heavy atom. The summed E-state index contributed by atoms with van der Waals surface area (Å²) in [4.78, 5) is 9.25. The fourth-order valence-corrected chi connectivity index (χ4v) is 4.43. The van der Waals surface area contributed by atoms with Crippen LogP contribution in [0.4, 0.5) is 0 Å². The van der Waals surface area contributed by atoms with Gasteiger partial charge in [0, 0.05) is 28.8 Å². The van der Waals surface area contributed by atoms with E-state index >= 15 is 0 Å². The molecule has 8 heteroatoms. The maximum Gasteiger partial charge on any atom is 0.221 e. The second-order valence-corrected chi connectivity index (χ2v) is 11.0. The van der Waals surface area contributed by atoms with Crippen molar-refractivity contribution in [3.8, 4) is 11.3 Å². The Labute approximate surface area is 173 Å². The van der Waals surface area contributed by atoms with Gasteiger partial charge in [0.2, 0.25) is 5.65 Å². The number of nitrogens with zero attached hydrogens (tertiary/aromatic N) is 6. The van der Waals surface area contributed by atoms with E-state index in [4.69, 9.17) is 4.98 Å². The molecule has 1 unspecified atom stereocenters. The van der Waals surface area contributed by atoms with Crippen LogP contribution in [0.25, 0.3) is 28.1 Å². The highest BCUT2D eigenvalue weighted by Gasteiger charge is 2.17. The van der Waals surface area contributed by atoms with E-state index in [0.29, 0.717) is 11.3 Å². The van der Waals surface area contributed by atoms with Gasteiger partial charge >= 0.3 is 0 Å². The molecule has 1 atom stereocenters. The summed E-state index contributed by atoms with van der Waals surface area (Å²) in [5.74, 6) is 0. The van der Waals surface area contributed by atoms with Crippen molar-refractivity contribution in [2.45, 2.75) is 13.0 Å². The van der Waals surface area contributed by atoms with Crippen LogP contribution >= 0.6 is 7.14 Å². The number of fused-ring (bicyclic) bond motifs is 2. The molecule has 5 rings (SSSR count). The normalized spacial score (nSPS) is 13.2. The molecule has 4 aromatic heterocycles. The van der Waals surface area contributed by atoms with Crippen molar-refractivity contribution in [3.63, 3.8) is 0 Å².